The molecule has 1 saturated heterocycles. The van der Waals surface area contributed by atoms with Crippen LogP contribution in [0, 0.1) is 0 Å². The summed E-state index contributed by atoms with van der Waals surface area (Å²) in [6.45, 7) is 6.49. The van der Waals surface area contributed by atoms with Crippen molar-refractivity contribution >= 4 is 22.8 Å². The van der Waals surface area contributed by atoms with E-state index in [1.807, 2.05) is 29.9 Å². The van der Waals surface area contributed by atoms with E-state index in [1.54, 1.807) is 7.11 Å². The summed E-state index contributed by atoms with van der Waals surface area (Å²) >= 11 is 0. The number of rotatable bonds is 6. The normalized spacial score (nSPS) is 16.9. The summed E-state index contributed by atoms with van der Waals surface area (Å²) in [6, 6.07) is 14.5. The number of nitrogens with zero attached hydrogens (tertiary/aromatic N) is 7. The minimum absolute atomic E-state index is 0.305. The minimum atomic E-state index is 0.305. The lowest BCUT2D eigenvalue weighted by Crippen LogP contribution is -2.46. The molecule has 0 saturated carbocycles. The molecule has 0 spiro atoms. The van der Waals surface area contributed by atoms with Gasteiger partial charge in [-0.2, -0.15) is 15.1 Å². The van der Waals surface area contributed by atoms with Gasteiger partial charge in [-0.05, 0) is 35.4 Å². The Morgan fingerprint density at radius 3 is 2.47 bits per heavy atom. The fourth-order valence-corrected chi connectivity index (χ4v) is 5.60. The fraction of sp³-hybridized carbons (Fsp3) is 0.393. The molecule has 1 fully saturated rings. The summed E-state index contributed by atoms with van der Waals surface area (Å²) in [4.78, 5) is 17.3. The molecule has 10 nitrogen and oxygen atoms in total. The van der Waals surface area contributed by atoms with Gasteiger partial charge in [0.1, 0.15) is 11.6 Å². The van der Waals surface area contributed by atoms with Gasteiger partial charge < -0.3 is 24.0 Å². The standard InChI is InChI=1S/C28H31N7O3/c1-32-26-25-22(31-32)9-10-35(17-19-3-6-21(36-2)7-4-19)27(25)30-28(29-26)34-13-11-33(12-14-34)16-20-5-8-23-24(15-20)38-18-37-23/h3-8,15H,9-14,16-18H2,1-2H3. The molecule has 0 amide bonds. The van der Waals surface area contributed by atoms with E-state index in [0.717, 1.165) is 98.0 Å². The number of piperazine rings is 1. The van der Waals surface area contributed by atoms with E-state index >= 15 is 0 Å². The van der Waals surface area contributed by atoms with Gasteiger partial charge in [-0.15, -0.1) is 0 Å². The van der Waals surface area contributed by atoms with Crippen molar-refractivity contribution in [2.75, 3.05) is 56.4 Å². The highest BCUT2D eigenvalue weighted by Crippen LogP contribution is 2.35. The zero-order valence-electron chi connectivity index (χ0n) is 21.8. The Morgan fingerprint density at radius 2 is 1.66 bits per heavy atom. The second-order valence-corrected chi connectivity index (χ2v) is 10.1. The zero-order valence-corrected chi connectivity index (χ0v) is 21.8. The molecule has 2 aromatic carbocycles. The van der Waals surface area contributed by atoms with Gasteiger partial charge in [0.25, 0.3) is 0 Å². The van der Waals surface area contributed by atoms with Gasteiger partial charge in [0.05, 0.1) is 18.2 Å². The molecule has 38 heavy (non-hydrogen) atoms. The first kappa shape index (κ1) is 23.1. The quantitative estimate of drug-likeness (QED) is 0.387. The Bertz CT molecular complexity index is 1480. The van der Waals surface area contributed by atoms with Crippen molar-refractivity contribution < 1.29 is 14.2 Å². The molecule has 0 N–H and O–H groups in total. The average Bonchev–Trinajstić information content (AvgIpc) is 3.55. The first-order valence-corrected chi connectivity index (χ1v) is 13.1. The summed E-state index contributed by atoms with van der Waals surface area (Å²) in [6.07, 6.45) is 0.891. The molecule has 5 heterocycles. The summed E-state index contributed by atoms with van der Waals surface area (Å²) in [5.74, 6) is 4.30. The lowest BCUT2D eigenvalue weighted by molar-refractivity contribution is 0.174. The summed E-state index contributed by atoms with van der Waals surface area (Å²) < 4.78 is 18.2. The SMILES string of the molecule is COc1ccc(CN2CCc3nn(C)c4nc(N5CCN(Cc6ccc7c(c6)OCO7)CC5)nc2c34)cc1. The van der Waals surface area contributed by atoms with Gasteiger partial charge in [-0.3, -0.25) is 4.90 Å². The number of benzene rings is 2. The Labute approximate surface area is 221 Å². The maximum Gasteiger partial charge on any atom is 0.231 e. The maximum atomic E-state index is 5.55. The Kier molecular flexibility index (Phi) is 5.69. The van der Waals surface area contributed by atoms with Crippen molar-refractivity contribution in [3.8, 4) is 17.2 Å². The molecule has 0 radical (unpaired) electrons. The number of hydrogen-bond donors (Lipinski definition) is 0. The van der Waals surface area contributed by atoms with Gasteiger partial charge in [0.2, 0.25) is 12.7 Å². The number of methoxy groups -OCH3 is 1. The van der Waals surface area contributed by atoms with E-state index in [0.29, 0.717) is 6.79 Å². The van der Waals surface area contributed by atoms with Crippen LogP contribution in [0.15, 0.2) is 42.5 Å². The lowest BCUT2D eigenvalue weighted by atomic mass is 10.1. The van der Waals surface area contributed by atoms with Crippen LogP contribution < -0.4 is 24.0 Å². The number of fused-ring (bicyclic) bond motifs is 1. The molecular weight excluding hydrogens is 482 g/mol. The molecule has 3 aliphatic rings. The Balaban J connectivity index is 1.10. The third-order valence-electron chi connectivity index (χ3n) is 7.67. The van der Waals surface area contributed by atoms with E-state index in [4.69, 9.17) is 29.3 Å². The molecule has 0 unspecified atom stereocenters. The maximum absolute atomic E-state index is 5.55. The van der Waals surface area contributed by atoms with Gasteiger partial charge in [0.15, 0.2) is 17.1 Å². The number of anilines is 2. The first-order valence-electron chi connectivity index (χ1n) is 13.1. The predicted molar refractivity (Wildman–Crippen MR) is 144 cm³/mol. The molecule has 0 atom stereocenters. The monoisotopic (exact) mass is 513 g/mol. The molecule has 196 valence electrons. The highest BCUT2D eigenvalue weighted by Gasteiger charge is 2.28. The molecule has 4 aromatic rings. The zero-order chi connectivity index (χ0) is 25.6. The van der Waals surface area contributed by atoms with E-state index in [9.17, 15) is 0 Å². The van der Waals surface area contributed by atoms with Crippen molar-refractivity contribution in [3.63, 3.8) is 0 Å². The highest BCUT2D eigenvalue weighted by atomic mass is 16.7. The lowest BCUT2D eigenvalue weighted by Gasteiger charge is -2.35. The smallest absolute Gasteiger partial charge is 0.231 e. The van der Waals surface area contributed by atoms with Gasteiger partial charge in [-0.1, -0.05) is 18.2 Å². The number of aryl methyl sites for hydroxylation is 1. The molecule has 0 bridgehead atoms. The van der Waals surface area contributed by atoms with Crippen LogP contribution in [-0.4, -0.2) is 71.3 Å². The molecule has 3 aliphatic heterocycles. The molecule has 10 heteroatoms. The van der Waals surface area contributed by atoms with Crippen LogP contribution in [0.1, 0.15) is 16.8 Å². The van der Waals surface area contributed by atoms with Crippen molar-refractivity contribution in [2.24, 2.45) is 7.05 Å². The van der Waals surface area contributed by atoms with Gasteiger partial charge in [-0.25, -0.2) is 4.68 Å². The van der Waals surface area contributed by atoms with Crippen LogP contribution in [0.4, 0.5) is 11.8 Å². The Morgan fingerprint density at radius 1 is 0.868 bits per heavy atom. The van der Waals surface area contributed by atoms with E-state index in [1.165, 1.54) is 11.1 Å². The van der Waals surface area contributed by atoms with Crippen LogP contribution in [0.2, 0.25) is 0 Å². The average molecular weight is 514 g/mol. The van der Waals surface area contributed by atoms with Crippen LogP contribution in [0.25, 0.3) is 11.0 Å². The van der Waals surface area contributed by atoms with Gasteiger partial charge >= 0.3 is 0 Å². The molecule has 2 aromatic heterocycles. The van der Waals surface area contributed by atoms with E-state index in [-0.39, 0.29) is 0 Å². The highest BCUT2D eigenvalue weighted by molar-refractivity contribution is 5.92. The largest absolute Gasteiger partial charge is 0.497 e. The predicted octanol–water partition coefficient (Wildman–Crippen LogP) is 2.99. The Hall–Kier alpha value is -4.05. The number of hydrogen-bond acceptors (Lipinski definition) is 9. The molecule has 7 rings (SSSR count). The van der Waals surface area contributed by atoms with Crippen molar-refractivity contribution in [2.45, 2.75) is 19.5 Å². The van der Waals surface area contributed by atoms with Crippen LogP contribution >= 0.6 is 0 Å². The molecule has 0 aliphatic carbocycles. The third kappa shape index (κ3) is 4.14. The van der Waals surface area contributed by atoms with Crippen molar-refractivity contribution in [1.29, 1.82) is 0 Å². The number of ether oxygens (including phenoxy) is 3. The minimum Gasteiger partial charge on any atom is -0.497 e. The fourth-order valence-electron chi connectivity index (χ4n) is 5.60. The van der Waals surface area contributed by atoms with Gasteiger partial charge in [0, 0.05) is 59.3 Å². The van der Waals surface area contributed by atoms with Crippen molar-refractivity contribution in [1.82, 2.24) is 24.6 Å². The summed E-state index contributed by atoms with van der Waals surface area (Å²) in [5.41, 5.74) is 4.45. The van der Waals surface area contributed by atoms with Crippen LogP contribution in [0.5, 0.6) is 17.2 Å². The summed E-state index contributed by atoms with van der Waals surface area (Å²) in [7, 11) is 3.68. The van der Waals surface area contributed by atoms with E-state index < -0.39 is 0 Å². The van der Waals surface area contributed by atoms with E-state index in [2.05, 4.69) is 39.0 Å². The van der Waals surface area contributed by atoms with Crippen LogP contribution in [-0.2, 0) is 26.6 Å². The summed E-state index contributed by atoms with van der Waals surface area (Å²) in [5, 5.41) is 5.86. The van der Waals surface area contributed by atoms with Crippen molar-refractivity contribution in [3.05, 3.63) is 59.3 Å². The second-order valence-electron chi connectivity index (χ2n) is 10.1. The second kappa shape index (κ2) is 9.36. The third-order valence-corrected chi connectivity index (χ3v) is 7.67. The molecular formula is C28H31N7O3. The topological polar surface area (TPSA) is 81.0 Å². The first-order chi connectivity index (χ1) is 18.6. The number of aromatic nitrogens is 4. The van der Waals surface area contributed by atoms with Crippen LogP contribution in [0.3, 0.4) is 0 Å².